The quantitative estimate of drug-likeness (QED) is 0.826. The SMILES string of the molecule is CNC(=O)c1cc2c(cn1)CN(C[C@@H]1CCC(=O)N1)CC2. The highest BCUT2D eigenvalue weighted by molar-refractivity contribution is 5.92. The second-order valence-electron chi connectivity index (χ2n) is 5.71. The van der Waals surface area contributed by atoms with E-state index in [1.54, 1.807) is 13.2 Å². The third-order valence-corrected chi connectivity index (χ3v) is 4.20. The number of nitrogens with zero attached hydrogens (tertiary/aromatic N) is 2. The zero-order valence-corrected chi connectivity index (χ0v) is 12.2. The summed E-state index contributed by atoms with van der Waals surface area (Å²) in [4.78, 5) is 29.4. The fourth-order valence-corrected chi connectivity index (χ4v) is 3.03. The van der Waals surface area contributed by atoms with Crippen molar-refractivity contribution >= 4 is 11.8 Å². The summed E-state index contributed by atoms with van der Waals surface area (Å²) < 4.78 is 0. The molecule has 2 amide bonds. The number of pyridine rings is 1. The van der Waals surface area contributed by atoms with Crippen LogP contribution < -0.4 is 10.6 Å². The predicted molar refractivity (Wildman–Crippen MR) is 77.8 cm³/mol. The summed E-state index contributed by atoms with van der Waals surface area (Å²) in [7, 11) is 1.61. The Kier molecular flexibility index (Phi) is 3.88. The molecule has 1 aromatic heterocycles. The molecule has 3 heterocycles. The molecular formula is C15H20N4O2. The van der Waals surface area contributed by atoms with E-state index in [0.29, 0.717) is 12.1 Å². The molecule has 6 nitrogen and oxygen atoms in total. The van der Waals surface area contributed by atoms with Crippen molar-refractivity contribution in [1.29, 1.82) is 0 Å². The van der Waals surface area contributed by atoms with Gasteiger partial charge in [-0.15, -0.1) is 0 Å². The third kappa shape index (κ3) is 3.05. The fourth-order valence-electron chi connectivity index (χ4n) is 3.03. The van der Waals surface area contributed by atoms with Crippen LogP contribution in [0.1, 0.15) is 34.5 Å². The minimum absolute atomic E-state index is 0.145. The van der Waals surface area contributed by atoms with Gasteiger partial charge in [-0.25, -0.2) is 0 Å². The molecule has 2 aliphatic rings. The Hall–Kier alpha value is -1.95. The molecule has 2 aliphatic heterocycles. The fraction of sp³-hybridized carbons (Fsp3) is 0.533. The first-order valence-corrected chi connectivity index (χ1v) is 7.37. The van der Waals surface area contributed by atoms with Crippen molar-refractivity contribution in [2.75, 3.05) is 20.1 Å². The second-order valence-corrected chi connectivity index (χ2v) is 5.71. The van der Waals surface area contributed by atoms with Gasteiger partial charge < -0.3 is 10.6 Å². The molecule has 21 heavy (non-hydrogen) atoms. The smallest absolute Gasteiger partial charge is 0.269 e. The van der Waals surface area contributed by atoms with Crippen LogP contribution in [0, 0.1) is 0 Å². The summed E-state index contributed by atoms with van der Waals surface area (Å²) in [6.07, 6.45) is 4.30. The lowest BCUT2D eigenvalue weighted by atomic mass is 10.00. The van der Waals surface area contributed by atoms with E-state index in [9.17, 15) is 9.59 Å². The summed E-state index contributed by atoms with van der Waals surface area (Å²) in [5.74, 6) is 0.0168. The van der Waals surface area contributed by atoms with E-state index in [2.05, 4.69) is 20.5 Å². The maximum atomic E-state index is 11.6. The first kappa shape index (κ1) is 14.0. The van der Waals surface area contributed by atoms with Gasteiger partial charge in [0.1, 0.15) is 5.69 Å². The molecule has 0 radical (unpaired) electrons. The van der Waals surface area contributed by atoms with E-state index in [0.717, 1.165) is 32.5 Å². The molecular weight excluding hydrogens is 268 g/mol. The minimum Gasteiger partial charge on any atom is -0.354 e. The maximum Gasteiger partial charge on any atom is 0.269 e. The van der Waals surface area contributed by atoms with Crippen LogP contribution in [0.4, 0.5) is 0 Å². The van der Waals surface area contributed by atoms with Crippen LogP contribution in [0.25, 0.3) is 0 Å². The zero-order valence-electron chi connectivity index (χ0n) is 12.2. The first-order chi connectivity index (χ1) is 10.2. The van der Waals surface area contributed by atoms with Gasteiger partial charge in [0, 0.05) is 45.3 Å². The molecule has 0 aliphatic carbocycles. The van der Waals surface area contributed by atoms with Gasteiger partial charge in [0.15, 0.2) is 0 Å². The van der Waals surface area contributed by atoms with Gasteiger partial charge in [-0.2, -0.15) is 0 Å². The molecule has 0 unspecified atom stereocenters. The lowest BCUT2D eigenvalue weighted by Crippen LogP contribution is -2.41. The van der Waals surface area contributed by atoms with Gasteiger partial charge in [0.2, 0.25) is 5.91 Å². The van der Waals surface area contributed by atoms with Crippen LogP contribution in [-0.4, -0.2) is 47.9 Å². The molecule has 0 saturated carbocycles. The molecule has 2 N–H and O–H groups in total. The number of carbonyl (C=O) groups excluding carboxylic acids is 2. The summed E-state index contributed by atoms with van der Waals surface area (Å²) in [6, 6.07) is 2.17. The Bertz CT molecular complexity index is 573. The van der Waals surface area contributed by atoms with Crippen molar-refractivity contribution in [2.24, 2.45) is 0 Å². The lowest BCUT2D eigenvalue weighted by Gasteiger charge is -2.30. The van der Waals surface area contributed by atoms with Crippen LogP contribution in [0.15, 0.2) is 12.3 Å². The normalized spacial score (nSPS) is 21.8. The van der Waals surface area contributed by atoms with E-state index in [1.807, 2.05) is 6.07 Å². The van der Waals surface area contributed by atoms with Gasteiger partial charge in [0.05, 0.1) is 0 Å². The van der Waals surface area contributed by atoms with Crippen molar-refractivity contribution in [3.8, 4) is 0 Å². The topological polar surface area (TPSA) is 74.3 Å². The van der Waals surface area contributed by atoms with Gasteiger partial charge in [-0.3, -0.25) is 19.5 Å². The van der Waals surface area contributed by atoms with E-state index < -0.39 is 0 Å². The molecule has 0 aromatic carbocycles. The summed E-state index contributed by atoms with van der Waals surface area (Å²) in [6.45, 7) is 2.68. The number of hydrogen-bond acceptors (Lipinski definition) is 4. The Morgan fingerprint density at radius 1 is 1.48 bits per heavy atom. The highest BCUT2D eigenvalue weighted by Crippen LogP contribution is 2.20. The Labute approximate surface area is 123 Å². The van der Waals surface area contributed by atoms with Crippen LogP contribution in [0.5, 0.6) is 0 Å². The number of hydrogen-bond donors (Lipinski definition) is 2. The molecule has 1 saturated heterocycles. The predicted octanol–water partition coefficient (Wildman–Crippen LogP) is 0.0779. The van der Waals surface area contributed by atoms with E-state index in [1.165, 1.54) is 11.1 Å². The first-order valence-electron chi connectivity index (χ1n) is 7.37. The summed E-state index contributed by atoms with van der Waals surface area (Å²) in [5, 5.41) is 5.60. The molecule has 0 spiro atoms. The number of fused-ring (bicyclic) bond motifs is 1. The average molecular weight is 288 g/mol. The molecule has 3 rings (SSSR count). The Morgan fingerprint density at radius 2 is 2.33 bits per heavy atom. The monoisotopic (exact) mass is 288 g/mol. The van der Waals surface area contributed by atoms with Gasteiger partial charge in [-0.1, -0.05) is 0 Å². The Balaban J connectivity index is 1.65. The van der Waals surface area contributed by atoms with Crippen molar-refractivity contribution < 1.29 is 9.59 Å². The van der Waals surface area contributed by atoms with Crippen LogP contribution in [-0.2, 0) is 17.8 Å². The highest BCUT2D eigenvalue weighted by atomic mass is 16.2. The van der Waals surface area contributed by atoms with Gasteiger partial charge >= 0.3 is 0 Å². The van der Waals surface area contributed by atoms with E-state index in [4.69, 9.17) is 0 Å². The average Bonchev–Trinajstić information content (AvgIpc) is 2.91. The largest absolute Gasteiger partial charge is 0.354 e. The molecule has 6 heteroatoms. The standard InChI is InChI=1S/C15H20N4O2/c1-16-15(21)13-6-10-4-5-19(8-11(10)7-17-13)9-12-2-3-14(20)18-12/h6-7,12H,2-5,8-9H2,1H3,(H,16,21)(H,18,20)/t12-/m0/s1. The van der Waals surface area contributed by atoms with E-state index >= 15 is 0 Å². The molecule has 1 fully saturated rings. The van der Waals surface area contributed by atoms with Crippen molar-refractivity contribution in [2.45, 2.75) is 31.8 Å². The van der Waals surface area contributed by atoms with Crippen molar-refractivity contribution in [1.82, 2.24) is 20.5 Å². The molecule has 112 valence electrons. The van der Waals surface area contributed by atoms with Crippen LogP contribution in [0.2, 0.25) is 0 Å². The number of amides is 2. The number of carbonyl (C=O) groups is 2. The lowest BCUT2D eigenvalue weighted by molar-refractivity contribution is -0.119. The molecule has 1 aromatic rings. The summed E-state index contributed by atoms with van der Waals surface area (Å²) >= 11 is 0. The van der Waals surface area contributed by atoms with Crippen molar-refractivity contribution in [3.63, 3.8) is 0 Å². The molecule has 0 bridgehead atoms. The van der Waals surface area contributed by atoms with Gasteiger partial charge in [0.25, 0.3) is 5.91 Å². The zero-order chi connectivity index (χ0) is 14.8. The minimum atomic E-state index is -0.145. The maximum absolute atomic E-state index is 11.6. The van der Waals surface area contributed by atoms with Crippen LogP contribution in [0.3, 0.4) is 0 Å². The number of nitrogens with one attached hydrogen (secondary N) is 2. The number of rotatable bonds is 3. The van der Waals surface area contributed by atoms with Crippen molar-refractivity contribution in [3.05, 3.63) is 29.1 Å². The highest BCUT2D eigenvalue weighted by Gasteiger charge is 2.25. The molecule has 1 atom stereocenters. The summed E-state index contributed by atoms with van der Waals surface area (Å²) in [5.41, 5.74) is 2.86. The van der Waals surface area contributed by atoms with Crippen LogP contribution >= 0.6 is 0 Å². The Morgan fingerprint density at radius 3 is 3.05 bits per heavy atom. The third-order valence-electron chi connectivity index (χ3n) is 4.20. The van der Waals surface area contributed by atoms with Gasteiger partial charge in [-0.05, 0) is 30.0 Å². The van der Waals surface area contributed by atoms with E-state index in [-0.39, 0.29) is 17.9 Å². The second kappa shape index (κ2) is 5.81. The number of aromatic nitrogens is 1.